The van der Waals surface area contributed by atoms with Crippen LogP contribution in [-0.4, -0.2) is 5.97 Å². The van der Waals surface area contributed by atoms with Crippen molar-refractivity contribution in [3.8, 4) is 5.75 Å². The Morgan fingerprint density at radius 2 is 1.78 bits per heavy atom. The number of benzene rings is 2. The van der Waals surface area contributed by atoms with E-state index in [1.165, 1.54) is 0 Å². The average Bonchev–Trinajstić information content (AvgIpc) is 2.67. The lowest BCUT2D eigenvalue weighted by Gasteiger charge is -2.12. The van der Waals surface area contributed by atoms with Gasteiger partial charge in [0.1, 0.15) is 5.58 Å². The molecular weight excluding hydrogens is 340 g/mol. The molecule has 27 heavy (non-hydrogen) atoms. The van der Waals surface area contributed by atoms with Crippen molar-refractivity contribution < 1.29 is 13.9 Å². The van der Waals surface area contributed by atoms with Crippen LogP contribution in [0.4, 0.5) is 0 Å². The lowest BCUT2D eigenvalue weighted by molar-refractivity contribution is 0.0734. The van der Waals surface area contributed by atoms with Gasteiger partial charge in [-0.25, -0.2) is 9.59 Å². The summed E-state index contributed by atoms with van der Waals surface area (Å²) in [5.41, 5.74) is 2.00. The average molecular weight is 364 g/mol. The van der Waals surface area contributed by atoms with E-state index in [1.807, 2.05) is 25.1 Å². The molecular formula is C23H24O4. The van der Waals surface area contributed by atoms with Crippen LogP contribution in [-0.2, 0) is 6.42 Å². The van der Waals surface area contributed by atoms with Crippen molar-refractivity contribution in [2.45, 2.75) is 46.0 Å². The van der Waals surface area contributed by atoms with Gasteiger partial charge < -0.3 is 9.15 Å². The van der Waals surface area contributed by atoms with Crippen LogP contribution in [0.2, 0.25) is 0 Å². The molecule has 1 aromatic heterocycles. The second-order valence-corrected chi connectivity index (χ2v) is 6.96. The number of esters is 1. The van der Waals surface area contributed by atoms with Crippen LogP contribution in [0.1, 0.15) is 61.0 Å². The Bertz CT molecular complexity index is 997. The molecule has 0 aliphatic carbocycles. The minimum Gasteiger partial charge on any atom is -0.422 e. The van der Waals surface area contributed by atoms with Gasteiger partial charge in [0.2, 0.25) is 0 Å². The summed E-state index contributed by atoms with van der Waals surface area (Å²) in [5, 5.41) is 0.635. The zero-order valence-corrected chi connectivity index (χ0v) is 16.0. The minimum atomic E-state index is -0.473. The van der Waals surface area contributed by atoms with Crippen LogP contribution in [0.5, 0.6) is 5.75 Å². The summed E-state index contributed by atoms with van der Waals surface area (Å²) in [4.78, 5) is 25.2. The molecule has 0 bridgehead atoms. The highest BCUT2D eigenvalue weighted by atomic mass is 16.5. The second-order valence-electron chi connectivity index (χ2n) is 6.96. The number of ether oxygens (including phenoxy) is 1. The quantitative estimate of drug-likeness (QED) is 0.429. The molecule has 0 spiro atoms. The number of carbonyl (C=O) groups excluding carboxylic acids is 1. The predicted molar refractivity (Wildman–Crippen MR) is 107 cm³/mol. The predicted octanol–water partition coefficient (Wildman–Crippen LogP) is 5.48. The van der Waals surface area contributed by atoms with Gasteiger partial charge in [0.25, 0.3) is 0 Å². The molecule has 1 heterocycles. The van der Waals surface area contributed by atoms with E-state index in [4.69, 9.17) is 9.15 Å². The van der Waals surface area contributed by atoms with E-state index in [9.17, 15) is 9.59 Å². The Labute approximate surface area is 158 Å². The van der Waals surface area contributed by atoms with Gasteiger partial charge in [0.15, 0.2) is 5.75 Å². The monoisotopic (exact) mass is 364 g/mol. The van der Waals surface area contributed by atoms with Crippen LogP contribution < -0.4 is 10.4 Å². The fraction of sp³-hybridized carbons (Fsp3) is 0.304. The van der Waals surface area contributed by atoms with Gasteiger partial charge in [-0.3, -0.25) is 0 Å². The third kappa shape index (κ3) is 4.11. The summed E-state index contributed by atoms with van der Waals surface area (Å²) in [5.74, 6) is 0.227. The number of unbranched alkanes of at least 4 members (excludes halogenated alkanes) is 1. The maximum atomic E-state index is 12.7. The lowest BCUT2D eigenvalue weighted by atomic mass is 10.0. The highest BCUT2D eigenvalue weighted by molar-refractivity contribution is 5.94. The largest absolute Gasteiger partial charge is 0.422 e. The first-order chi connectivity index (χ1) is 13.0. The highest BCUT2D eigenvalue weighted by Crippen LogP contribution is 2.29. The minimum absolute atomic E-state index is 0.313. The van der Waals surface area contributed by atoms with E-state index in [0.717, 1.165) is 18.4 Å². The maximum absolute atomic E-state index is 12.7. The number of hydrogen-bond acceptors (Lipinski definition) is 4. The van der Waals surface area contributed by atoms with Crippen molar-refractivity contribution in [3.63, 3.8) is 0 Å². The standard InChI is InChI=1S/C23H24O4/c1-4-5-8-19-21(18-9-6-7-10-20(18)26-23(19)25)27-22(24)17-13-11-16(12-14-17)15(2)3/h6-7,9-15H,4-5,8H2,1-3H3. The summed E-state index contributed by atoms with van der Waals surface area (Å²) in [6.45, 7) is 6.25. The molecule has 0 aliphatic rings. The molecule has 0 atom stereocenters. The Balaban J connectivity index is 2.01. The summed E-state index contributed by atoms with van der Waals surface area (Å²) < 4.78 is 11.1. The number of carbonyl (C=O) groups is 1. The van der Waals surface area contributed by atoms with Crippen LogP contribution >= 0.6 is 0 Å². The first kappa shape index (κ1) is 18.9. The van der Waals surface area contributed by atoms with Crippen LogP contribution in [0, 0.1) is 0 Å². The molecule has 0 N–H and O–H groups in total. The number of rotatable bonds is 6. The van der Waals surface area contributed by atoms with Crippen LogP contribution in [0.3, 0.4) is 0 Å². The molecule has 0 saturated heterocycles. The van der Waals surface area contributed by atoms with E-state index in [0.29, 0.717) is 40.2 Å². The molecule has 140 valence electrons. The van der Waals surface area contributed by atoms with Crippen molar-refractivity contribution in [1.29, 1.82) is 0 Å². The second kappa shape index (κ2) is 8.21. The van der Waals surface area contributed by atoms with Crippen molar-refractivity contribution in [1.82, 2.24) is 0 Å². The van der Waals surface area contributed by atoms with E-state index in [1.54, 1.807) is 30.3 Å². The fourth-order valence-electron chi connectivity index (χ4n) is 3.00. The molecule has 0 fully saturated rings. The van der Waals surface area contributed by atoms with Gasteiger partial charge in [-0.05, 0) is 48.6 Å². The Morgan fingerprint density at radius 1 is 1.07 bits per heavy atom. The Morgan fingerprint density at radius 3 is 2.44 bits per heavy atom. The third-order valence-electron chi connectivity index (χ3n) is 4.64. The van der Waals surface area contributed by atoms with E-state index in [-0.39, 0.29) is 0 Å². The zero-order valence-electron chi connectivity index (χ0n) is 16.0. The number of hydrogen-bond donors (Lipinski definition) is 0. The molecule has 0 unspecified atom stereocenters. The molecule has 0 saturated carbocycles. The van der Waals surface area contributed by atoms with Gasteiger partial charge in [0.05, 0.1) is 16.5 Å². The summed E-state index contributed by atoms with van der Waals surface area (Å²) in [6, 6.07) is 14.5. The first-order valence-corrected chi connectivity index (χ1v) is 9.38. The smallest absolute Gasteiger partial charge is 0.343 e. The van der Waals surface area contributed by atoms with E-state index >= 15 is 0 Å². The normalized spacial score (nSPS) is 11.1. The Hall–Kier alpha value is -2.88. The number of fused-ring (bicyclic) bond motifs is 1. The SMILES string of the molecule is CCCCc1c(OC(=O)c2ccc(C(C)C)cc2)c2ccccc2oc1=O. The van der Waals surface area contributed by atoms with Crippen molar-refractivity contribution in [2.24, 2.45) is 0 Å². The van der Waals surface area contributed by atoms with Gasteiger partial charge in [-0.2, -0.15) is 0 Å². The molecule has 4 nitrogen and oxygen atoms in total. The van der Waals surface area contributed by atoms with Crippen molar-refractivity contribution >= 4 is 16.9 Å². The molecule has 0 radical (unpaired) electrons. The van der Waals surface area contributed by atoms with Crippen LogP contribution in [0.15, 0.2) is 57.7 Å². The van der Waals surface area contributed by atoms with Gasteiger partial charge >= 0.3 is 11.6 Å². The molecule has 2 aromatic carbocycles. The molecule has 4 heteroatoms. The van der Waals surface area contributed by atoms with E-state index in [2.05, 4.69) is 13.8 Å². The van der Waals surface area contributed by atoms with E-state index < -0.39 is 11.6 Å². The molecule has 3 aromatic rings. The zero-order chi connectivity index (χ0) is 19.4. The maximum Gasteiger partial charge on any atom is 0.343 e. The van der Waals surface area contributed by atoms with Crippen molar-refractivity contribution in [2.75, 3.05) is 0 Å². The molecule has 3 rings (SSSR count). The number of para-hydroxylation sites is 1. The van der Waals surface area contributed by atoms with Gasteiger partial charge in [-0.1, -0.05) is 51.5 Å². The topological polar surface area (TPSA) is 56.5 Å². The fourth-order valence-corrected chi connectivity index (χ4v) is 3.00. The Kier molecular flexibility index (Phi) is 5.75. The molecule has 0 amide bonds. The lowest BCUT2D eigenvalue weighted by Crippen LogP contribution is -2.15. The molecule has 0 aliphatic heterocycles. The van der Waals surface area contributed by atoms with Crippen LogP contribution in [0.25, 0.3) is 11.0 Å². The summed E-state index contributed by atoms with van der Waals surface area (Å²) in [6.07, 6.45) is 2.26. The van der Waals surface area contributed by atoms with Gasteiger partial charge in [0, 0.05) is 0 Å². The summed E-state index contributed by atoms with van der Waals surface area (Å²) in [7, 11) is 0. The highest BCUT2D eigenvalue weighted by Gasteiger charge is 2.19. The van der Waals surface area contributed by atoms with Gasteiger partial charge in [-0.15, -0.1) is 0 Å². The summed E-state index contributed by atoms with van der Waals surface area (Å²) >= 11 is 0. The van der Waals surface area contributed by atoms with Crippen molar-refractivity contribution in [3.05, 3.63) is 75.6 Å². The first-order valence-electron chi connectivity index (χ1n) is 9.38. The third-order valence-corrected chi connectivity index (χ3v) is 4.64.